The van der Waals surface area contributed by atoms with Crippen molar-refractivity contribution in [1.82, 2.24) is 0 Å². The van der Waals surface area contributed by atoms with Crippen LogP contribution >= 0.6 is 0 Å². The predicted molar refractivity (Wildman–Crippen MR) is 70.1 cm³/mol. The van der Waals surface area contributed by atoms with E-state index in [0.717, 1.165) is 5.56 Å². The highest BCUT2D eigenvalue weighted by Crippen LogP contribution is 2.23. The van der Waals surface area contributed by atoms with Gasteiger partial charge in [0.2, 0.25) is 0 Å². The van der Waals surface area contributed by atoms with E-state index in [4.69, 9.17) is 10.5 Å². The van der Waals surface area contributed by atoms with E-state index in [1.165, 1.54) is 5.56 Å². The molecule has 3 heteroatoms. The van der Waals surface area contributed by atoms with Crippen molar-refractivity contribution in [2.24, 2.45) is 5.73 Å². The van der Waals surface area contributed by atoms with Gasteiger partial charge in [0.25, 0.3) is 0 Å². The number of aliphatic hydroxyl groups is 1. The first-order valence-corrected chi connectivity index (χ1v) is 6.22. The van der Waals surface area contributed by atoms with Crippen LogP contribution in [0, 0.1) is 6.92 Å². The van der Waals surface area contributed by atoms with E-state index in [1.807, 2.05) is 38.1 Å². The standard InChI is InChI=1S/C14H23NO2/c1-3-17-9-8-14(16)13(10-15)12-7-5-4-6-11(12)2/h4-7,13-14,16H,3,8-10,15H2,1-2H3. The van der Waals surface area contributed by atoms with E-state index in [9.17, 15) is 5.11 Å². The molecule has 0 aliphatic rings. The molecule has 0 amide bonds. The summed E-state index contributed by atoms with van der Waals surface area (Å²) in [4.78, 5) is 0. The Kier molecular flexibility index (Phi) is 6.19. The molecular weight excluding hydrogens is 214 g/mol. The van der Waals surface area contributed by atoms with Gasteiger partial charge >= 0.3 is 0 Å². The van der Waals surface area contributed by atoms with Crippen LogP contribution in [0.5, 0.6) is 0 Å². The van der Waals surface area contributed by atoms with E-state index >= 15 is 0 Å². The maximum absolute atomic E-state index is 10.2. The lowest BCUT2D eigenvalue weighted by molar-refractivity contribution is 0.0751. The third kappa shape index (κ3) is 4.11. The van der Waals surface area contributed by atoms with Crippen LogP contribution in [0.4, 0.5) is 0 Å². The summed E-state index contributed by atoms with van der Waals surface area (Å²) >= 11 is 0. The van der Waals surface area contributed by atoms with Crippen LogP contribution in [0.2, 0.25) is 0 Å². The molecule has 0 aliphatic carbocycles. The Morgan fingerprint density at radius 3 is 2.65 bits per heavy atom. The first kappa shape index (κ1) is 14.2. The summed E-state index contributed by atoms with van der Waals surface area (Å²) in [5.74, 6) is -0.00310. The molecule has 96 valence electrons. The molecule has 2 atom stereocenters. The van der Waals surface area contributed by atoms with E-state index in [-0.39, 0.29) is 5.92 Å². The van der Waals surface area contributed by atoms with Crippen LogP contribution in [-0.4, -0.2) is 31.0 Å². The number of hydrogen-bond donors (Lipinski definition) is 2. The topological polar surface area (TPSA) is 55.5 Å². The van der Waals surface area contributed by atoms with E-state index in [2.05, 4.69) is 0 Å². The first-order valence-electron chi connectivity index (χ1n) is 6.22. The van der Waals surface area contributed by atoms with Crippen LogP contribution in [0.3, 0.4) is 0 Å². The van der Waals surface area contributed by atoms with Crippen molar-refractivity contribution in [3.05, 3.63) is 35.4 Å². The molecule has 1 aromatic carbocycles. The maximum Gasteiger partial charge on any atom is 0.0642 e. The third-order valence-corrected chi connectivity index (χ3v) is 3.07. The molecular formula is C14H23NO2. The smallest absolute Gasteiger partial charge is 0.0642 e. The lowest BCUT2D eigenvalue weighted by Gasteiger charge is -2.23. The van der Waals surface area contributed by atoms with E-state index in [1.54, 1.807) is 0 Å². The van der Waals surface area contributed by atoms with Crippen molar-refractivity contribution in [2.75, 3.05) is 19.8 Å². The van der Waals surface area contributed by atoms with Gasteiger partial charge < -0.3 is 15.6 Å². The van der Waals surface area contributed by atoms with Crippen molar-refractivity contribution >= 4 is 0 Å². The van der Waals surface area contributed by atoms with Gasteiger partial charge in [0.05, 0.1) is 6.10 Å². The molecule has 0 spiro atoms. The Labute approximate surface area is 104 Å². The normalized spacial score (nSPS) is 14.6. The fourth-order valence-electron chi connectivity index (χ4n) is 2.04. The summed E-state index contributed by atoms with van der Waals surface area (Å²) in [7, 11) is 0. The number of aliphatic hydroxyl groups excluding tert-OH is 1. The molecule has 0 bridgehead atoms. The molecule has 0 saturated heterocycles. The Hall–Kier alpha value is -0.900. The second-order valence-corrected chi connectivity index (χ2v) is 4.25. The van der Waals surface area contributed by atoms with Crippen LogP contribution in [0.1, 0.15) is 30.4 Å². The lowest BCUT2D eigenvalue weighted by Crippen LogP contribution is -2.27. The van der Waals surface area contributed by atoms with Gasteiger partial charge in [0.1, 0.15) is 0 Å². The largest absolute Gasteiger partial charge is 0.392 e. The second kappa shape index (κ2) is 7.43. The lowest BCUT2D eigenvalue weighted by atomic mass is 9.89. The average Bonchev–Trinajstić information content (AvgIpc) is 2.33. The van der Waals surface area contributed by atoms with Crippen LogP contribution in [0.25, 0.3) is 0 Å². The summed E-state index contributed by atoms with van der Waals surface area (Å²) in [5, 5.41) is 10.2. The van der Waals surface area contributed by atoms with Gasteiger partial charge in [-0.15, -0.1) is 0 Å². The van der Waals surface area contributed by atoms with Crippen molar-refractivity contribution in [2.45, 2.75) is 32.3 Å². The molecule has 3 N–H and O–H groups in total. The molecule has 0 aromatic heterocycles. The fraction of sp³-hybridized carbons (Fsp3) is 0.571. The Bertz CT molecular complexity index is 328. The van der Waals surface area contributed by atoms with Crippen LogP contribution < -0.4 is 5.73 Å². The minimum Gasteiger partial charge on any atom is -0.392 e. The fourth-order valence-corrected chi connectivity index (χ4v) is 2.04. The molecule has 0 radical (unpaired) electrons. The van der Waals surface area contributed by atoms with Gasteiger partial charge in [-0.1, -0.05) is 24.3 Å². The molecule has 0 saturated carbocycles. The molecule has 0 heterocycles. The average molecular weight is 237 g/mol. The summed E-state index contributed by atoms with van der Waals surface area (Å²) < 4.78 is 5.26. The molecule has 3 nitrogen and oxygen atoms in total. The van der Waals surface area contributed by atoms with E-state index in [0.29, 0.717) is 26.2 Å². The van der Waals surface area contributed by atoms with Gasteiger partial charge in [-0.25, -0.2) is 0 Å². The Balaban J connectivity index is 2.67. The van der Waals surface area contributed by atoms with Gasteiger partial charge in [0.15, 0.2) is 0 Å². The van der Waals surface area contributed by atoms with E-state index < -0.39 is 6.10 Å². The summed E-state index contributed by atoms with van der Waals surface area (Å²) in [6.45, 7) is 5.73. The quantitative estimate of drug-likeness (QED) is 0.711. The summed E-state index contributed by atoms with van der Waals surface area (Å²) in [5.41, 5.74) is 8.10. The molecule has 2 unspecified atom stereocenters. The number of hydrogen-bond acceptors (Lipinski definition) is 3. The number of rotatable bonds is 7. The molecule has 1 rings (SSSR count). The number of nitrogens with two attached hydrogens (primary N) is 1. The molecule has 0 fully saturated rings. The molecule has 0 aliphatic heterocycles. The monoisotopic (exact) mass is 237 g/mol. The third-order valence-electron chi connectivity index (χ3n) is 3.07. The van der Waals surface area contributed by atoms with Crippen molar-refractivity contribution in [3.63, 3.8) is 0 Å². The van der Waals surface area contributed by atoms with Gasteiger partial charge in [-0.05, 0) is 31.4 Å². The van der Waals surface area contributed by atoms with Gasteiger partial charge in [-0.3, -0.25) is 0 Å². The summed E-state index contributed by atoms with van der Waals surface area (Å²) in [6.07, 6.45) is 0.192. The van der Waals surface area contributed by atoms with Crippen molar-refractivity contribution < 1.29 is 9.84 Å². The maximum atomic E-state index is 10.2. The molecule has 1 aromatic rings. The Morgan fingerprint density at radius 2 is 2.06 bits per heavy atom. The predicted octanol–water partition coefficient (Wildman–Crippen LogP) is 1.82. The minimum atomic E-state index is -0.437. The zero-order valence-corrected chi connectivity index (χ0v) is 10.7. The van der Waals surface area contributed by atoms with Crippen molar-refractivity contribution in [1.29, 1.82) is 0 Å². The number of ether oxygens (including phenoxy) is 1. The van der Waals surface area contributed by atoms with Crippen LogP contribution in [-0.2, 0) is 4.74 Å². The SMILES string of the molecule is CCOCCC(O)C(CN)c1ccccc1C. The zero-order valence-electron chi connectivity index (χ0n) is 10.7. The van der Waals surface area contributed by atoms with Gasteiger partial charge in [0, 0.05) is 25.7 Å². The van der Waals surface area contributed by atoms with Gasteiger partial charge in [-0.2, -0.15) is 0 Å². The highest BCUT2D eigenvalue weighted by Gasteiger charge is 2.20. The minimum absolute atomic E-state index is 0.00310. The molecule has 17 heavy (non-hydrogen) atoms. The summed E-state index contributed by atoms with van der Waals surface area (Å²) in [6, 6.07) is 8.07. The highest BCUT2D eigenvalue weighted by atomic mass is 16.5. The first-order chi connectivity index (χ1) is 8.20. The highest BCUT2D eigenvalue weighted by molar-refractivity contribution is 5.30. The van der Waals surface area contributed by atoms with Crippen LogP contribution in [0.15, 0.2) is 24.3 Å². The number of aryl methyl sites for hydroxylation is 1. The number of benzene rings is 1. The van der Waals surface area contributed by atoms with Crippen molar-refractivity contribution in [3.8, 4) is 0 Å². The Morgan fingerprint density at radius 1 is 1.35 bits per heavy atom. The second-order valence-electron chi connectivity index (χ2n) is 4.25. The zero-order chi connectivity index (χ0) is 12.7.